The first-order valence-electron chi connectivity index (χ1n) is 10.3. The van der Waals surface area contributed by atoms with E-state index in [9.17, 15) is 9.59 Å². The molecule has 0 atom stereocenters. The van der Waals surface area contributed by atoms with Gasteiger partial charge >= 0.3 is 0 Å². The second-order valence-electron chi connectivity index (χ2n) is 7.30. The van der Waals surface area contributed by atoms with Gasteiger partial charge in [-0.1, -0.05) is 66.3 Å². The van der Waals surface area contributed by atoms with Crippen molar-refractivity contribution < 1.29 is 14.3 Å². The standard InChI is InChI=1S/C22H24N4O3S2/c27-19(14-29-18-10-9-16-7-3-4-8-17(16)13-18)23-21-24-25-22(31-21)30-15-20(28)26-11-5-1-2-6-12-26/h3-4,7-10,13H,1-2,5-6,11-12,14-15H2,(H,23,24,27). The van der Waals surface area contributed by atoms with Crippen molar-refractivity contribution in [3.8, 4) is 5.75 Å². The van der Waals surface area contributed by atoms with Gasteiger partial charge in [0.2, 0.25) is 11.0 Å². The highest BCUT2D eigenvalue weighted by molar-refractivity contribution is 8.01. The fourth-order valence-electron chi connectivity index (χ4n) is 3.41. The zero-order valence-electron chi connectivity index (χ0n) is 17.1. The Balaban J connectivity index is 1.23. The molecule has 2 amide bonds. The molecule has 0 saturated carbocycles. The van der Waals surface area contributed by atoms with E-state index in [-0.39, 0.29) is 18.4 Å². The number of rotatable bonds is 7. The number of benzene rings is 2. The fourth-order valence-corrected chi connectivity index (χ4v) is 5.09. The number of anilines is 1. The van der Waals surface area contributed by atoms with Gasteiger partial charge in [0.1, 0.15) is 5.75 Å². The summed E-state index contributed by atoms with van der Waals surface area (Å²) >= 11 is 2.62. The molecule has 0 radical (unpaired) electrons. The van der Waals surface area contributed by atoms with Gasteiger partial charge in [-0.05, 0) is 35.7 Å². The van der Waals surface area contributed by atoms with Crippen LogP contribution in [0.25, 0.3) is 10.8 Å². The SMILES string of the molecule is O=C(COc1ccc2ccccc2c1)Nc1nnc(SCC(=O)N2CCCCCC2)s1. The lowest BCUT2D eigenvalue weighted by Gasteiger charge is -2.19. The molecule has 31 heavy (non-hydrogen) atoms. The summed E-state index contributed by atoms with van der Waals surface area (Å²) in [4.78, 5) is 26.5. The van der Waals surface area contributed by atoms with E-state index in [1.54, 1.807) is 0 Å². The average molecular weight is 457 g/mol. The molecule has 4 rings (SSSR count). The lowest BCUT2D eigenvalue weighted by molar-refractivity contribution is -0.128. The number of nitrogens with zero attached hydrogens (tertiary/aromatic N) is 3. The van der Waals surface area contributed by atoms with Crippen LogP contribution in [0, 0.1) is 0 Å². The minimum Gasteiger partial charge on any atom is -0.484 e. The molecule has 1 fully saturated rings. The summed E-state index contributed by atoms with van der Waals surface area (Å²) in [6.45, 7) is 1.57. The van der Waals surface area contributed by atoms with Crippen molar-refractivity contribution >= 4 is 50.8 Å². The van der Waals surface area contributed by atoms with Crippen LogP contribution in [0.3, 0.4) is 0 Å². The van der Waals surface area contributed by atoms with Gasteiger partial charge in [-0.2, -0.15) is 0 Å². The Morgan fingerprint density at radius 1 is 1.03 bits per heavy atom. The summed E-state index contributed by atoms with van der Waals surface area (Å²) in [5.74, 6) is 0.806. The van der Waals surface area contributed by atoms with Crippen LogP contribution in [-0.2, 0) is 9.59 Å². The summed E-state index contributed by atoms with van der Waals surface area (Å²) in [6.07, 6.45) is 4.54. The molecule has 1 saturated heterocycles. The van der Waals surface area contributed by atoms with E-state index in [1.165, 1.54) is 35.9 Å². The third kappa shape index (κ3) is 6.18. The van der Waals surface area contributed by atoms with E-state index in [2.05, 4.69) is 15.5 Å². The topological polar surface area (TPSA) is 84.4 Å². The van der Waals surface area contributed by atoms with Crippen LogP contribution < -0.4 is 10.1 Å². The van der Waals surface area contributed by atoms with Gasteiger partial charge in [0.15, 0.2) is 10.9 Å². The molecule has 1 aliphatic heterocycles. The van der Waals surface area contributed by atoms with E-state index in [0.717, 1.165) is 36.7 Å². The van der Waals surface area contributed by atoms with E-state index in [0.29, 0.717) is 21.0 Å². The number of ether oxygens (including phenoxy) is 1. The zero-order valence-corrected chi connectivity index (χ0v) is 18.7. The number of carbonyl (C=O) groups is 2. The number of fused-ring (bicyclic) bond motifs is 1. The first-order valence-corrected chi connectivity index (χ1v) is 12.1. The third-order valence-corrected chi connectivity index (χ3v) is 6.98. The zero-order chi connectivity index (χ0) is 21.5. The van der Waals surface area contributed by atoms with E-state index in [1.807, 2.05) is 47.4 Å². The summed E-state index contributed by atoms with van der Waals surface area (Å²) < 4.78 is 6.26. The van der Waals surface area contributed by atoms with E-state index in [4.69, 9.17) is 4.74 Å². The van der Waals surface area contributed by atoms with Gasteiger partial charge in [0.05, 0.1) is 5.75 Å². The first-order chi connectivity index (χ1) is 15.2. The second-order valence-corrected chi connectivity index (χ2v) is 9.50. The van der Waals surface area contributed by atoms with Crippen LogP contribution in [0.1, 0.15) is 25.7 Å². The molecule has 2 aromatic carbocycles. The van der Waals surface area contributed by atoms with Crippen molar-refractivity contribution in [3.05, 3.63) is 42.5 Å². The first kappa shape index (κ1) is 21.6. The number of amides is 2. The van der Waals surface area contributed by atoms with Crippen LogP contribution >= 0.6 is 23.1 Å². The van der Waals surface area contributed by atoms with Gasteiger partial charge < -0.3 is 9.64 Å². The van der Waals surface area contributed by atoms with Gasteiger partial charge in [-0.15, -0.1) is 10.2 Å². The van der Waals surface area contributed by atoms with Crippen molar-refractivity contribution in [2.24, 2.45) is 0 Å². The molecule has 1 N–H and O–H groups in total. The van der Waals surface area contributed by atoms with E-state index >= 15 is 0 Å². The van der Waals surface area contributed by atoms with Crippen LogP contribution in [0.2, 0.25) is 0 Å². The quantitative estimate of drug-likeness (QED) is 0.424. The highest BCUT2D eigenvalue weighted by Crippen LogP contribution is 2.26. The molecule has 1 aliphatic rings. The normalized spacial score (nSPS) is 14.3. The van der Waals surface area contributed by atoms with E-state index < -0.39 is 0 Å². The minimum atomic E-state index is -0.304. The predicted molar refractivity (Wildman–Crippen MR) is 124 cm³/mol. The van der Waals surface area contributed by atoms with Crippen LogP contribution in [0.5, 0.6) is 5.75 Å². The highest BCUT2D eigenvalue weighted by atomic mass is 32.2. The molecule has 9 heteroatoms. The number of thioether (sulfide) groups is 1. The molecular formula is C22H24N4O3S2. The summed E-state index contributed by atoms with van der Waals surface area (Å²) in [5.41, 5.74) is 0. The number of carbonyl (C=O) groups excluding carboxylic acids is 2. The van der Waals surface area contributed by atoms with Crippen LogP contribution in [-0.4, -0.2) is 52.4 Å². The molecule has 1 aromatic heterocycles. The Morgan fingerprint density at radius 2 is 1.81 bits per heavy atom. The number of hydrogen-bond acceptors (Lipinski definition) is 7. The van der Waals surface area contributed by atoms with Gasteiger partial charge in [-0.3, -0.25) is 14.9 Å². The minimum absolute atomic E-state index is 0.117. The monoisotopic (exact) mass is 456 g/mol. The molecular weight excluding hydrogens is 432 g/mol. The highest BCUT2D eigenvalue weighted by Gasteiger charge is 2.17. The Hall–Kier alpha value is -2.65. The van der Waals surface area contributed by atoms with Gasteiger partial charge in [-0.25, -0.2) is 0 Å². The maximum Gasteiger partial charge on any atom is 0.264 e. The lowest BCUT2D eigenvalue weighted by atomic mass is 10.1. The number of nitrogens with one attached hydrogen (secondary N) is 1. The average Bonchev–Trinajstić information content (AvgIpc) is 3.05. The van der Waals surface area contributed by atoms with Crippen molar-refractivity contribution in [2.75, 3.05) is 30.8 Å². The molecule has 0 aliphatic carbocycles. The van der Waals surface area contributed by atoms with Gasteiger partial charge in [0, 0.05) is 13.1 Å². The van der Waals surface area contributed by atoms with Crippen molar-refractivity contribution in [2.45, 2.75) is 30.0 Å². The number of hydrogen-bond donors (Lipinski definition) is 1. The third-order valence-electron chi connectivity index (χ3n) is 5.02. The predicted octanol–water partition coefficient (Wildman–Crippen LogP) is 4.20. The van der Waals surface area contributed by atoms with Crippen LogP contribution in [0.4, 0.5) is 5.13 Å². The number of likely N-dealkylation sites (tertiary alicyclic amines) is 1. The molecule has 7 nitrogen and oxygen atoms in total. The molecule has 0 unspecified atom stereocenters. The van der Waals surface area contributed by atoms with Crippen molar-refractivity contribution in [1.82, 2.24) is 15.1 Å². The largest absolute Gasteiger partial charge is 0.484 e. The van der Waals surface area contributed by atoms with Crippen molar-refractivity contribution in [1.29, 1.82) is 0 Å². The van der Waals surface area contributed by atoms with Crippen molar-refractivity contribution in [3.63, 3.8) is 0 Å². The number of aromatic nitrogens is 2. The fraction of sp³-hybridized carbons (Fsp3) is 0.364. The molecule has 2 heterocycles. The maximum absolute atomic E-state index is 12.4. The van der Waals surface area contributed by atoms with Crippen LogP contribution in [0.15, 0.2) is 46.8 Å². The molecule has 0 bridgehead atoms. The summed E-state index contributed by atoms with van der Waals surface area (Å²) in [7, 11) is 0. The Morgan fingerprint density at radius 3 is 2.61 bits per heavy atom. The summed E-state index contributed by atoms with van der Waals surface area (Å²) in [5, 5.41) is 13.3. The summed E-state index contributed by atoms with van der Waals surface area (Å²) in [6, 6.07) is 13.7. The Labute approximate surface area is 189 Å². The molecule has 3 aromatic rings. The molecule has 0 spiro atoms. The smallest absolute Gasteiger partial charge is 0.264 e. The Bertz CT molecular complexity index is 1050. The Kier molecular flexibility index (Phi) is 7.37. The van der Waals surface area contributed by atoms with Gasteiger partial charge in [0.25, 0.3) is 5.91 Å². The second kappa shape index (κ2) is 10.6. The lowest BCUT2D eigenvalue weighted by Crippen LogP contribution is -2.33. The molecule has 162 valence electrons. The maximum atomic E-state index is 12.4.